The van der Waals surface area contributed by atoms with E-state index >= 15 is 9.59 Å². The van der Waals surface area contributed by atoms with Crippen LogP contribution in [0.25, 0.3) is 0 Å². The molecule has 3 N–H and O–H groups in total. The summed E-state index contributed by atoms with van der Waals surface area (Å²) in [5.41, 5.74) is -7.61. The fourth-order valence-electron chi connectivity index (χ4n) is 13.4. The van der Waals surface area contributed by atoms with Crippen molar-refractivity contribution < 1.29 is 86.4 Å². The molecule has 3 aromatic rings. The molecule has 3 aromatic carbocycles. The summed E-state index contributed by atoms with van der Waals surface area (Å²) in [5.74, 6) is -7.14. The highest BCUT2D eigenvalue weighted by molar-refractivity contribution is 5.96. The fourth-order valence-corrected chi connectivity index (χ4v) is 13.4. The van der Waals surface area contributed by atoms with Crippen molar-refractivity contribution in [2.45, 2.75) is 205 Å². The Hall–Kier alpha value is -7.03. The van der Waals surface area contributed by atoms with Crippen LogP contribution in [0.3, 0.4) is 0 Å². The van der Waals surface area contributed by atoms with Gasteiger partial charge in [-0.15, -0.1) is 0 Å². The summed E-state index contributed by atoms with van der Waals surface area (Å²) in [6.45, 7) is 9.88. The van der Waals surface area contributed by atoms with Crippen LogP contribution in [0.4, 0.5) is 4.79 Å². The average Bonchev–Trinajstić information content (AvgIpc) is 0.817. The second-order valence-electron chi connectivity index (χ2n) is 24.5. The number of carbonyl (C=O) groups is 7. The third-order valence-corrected chi connectivity index (χ3v) is 18.3. The largest absolute Gasteiger partial charge is 0.509 e. The van der Waals surface area contributed by atoms with Gasteiger partial charge in [0.25, 0.3) is 5.91 Å². The van der Waals surface area contributed by atoms with Crippen LogP contribution in [0.2, 0.25) is 0 Å². The van der Waals surface area contributed by atoms with Crippen molar-refractivity contribution in [3.8, 4) is 0 Å². The Kier molecular flexibility index (Phi) is 22.8. The highest BCUT2D eigenvalue weighted by Crippen LogP contribution is 2.64. The molecule has 2 aliphatic heterocycles. The van der Waals surface area contributed by atoms with Gasteiger partial charge in [0.2, 0.25) is 6.10 Å². The SMILES string of the molecule is CCCC/C=C\C/C=C\CCCCCCCCC1OCC(COC(=O)O[C@@H](C(=O)O[C@H]2C[C@@]3(O)[C@@H](OC(=O)c4ccccc4)[C@@H]4[C@]5(OC(C)=O)CO[C@@H]5C[C@H](O)[C@@]4(C)C(=O)[C@H](OC(C)=O)C(=C2C)C3(C)C)[C@@H](NC(=O)c2ccccc2)c2ccccc2)O1. The number of ether oxygens (including phenoxy) is 9. The monoisotopic (exact) mass is 1220 g/mol. The van der Waals surface area contributed by atoms with Gasteiger partial charge in [0, 0.05) is 37.7 Å². The summed E-state index contributed by atoms with van der Waals surface area (Å²) in [6.07, 6.45) is 8.12. The number of unbranched alkanes of at least 4 members (excludes halogenated alkanes) is 8. The third kappa shape index (κ3) is 15.0. The second kappa shape index (κ2) is 30.0. The Balaban J connectivity index is 1.06. The number of allylic oxidation sites excluding steroid dienone is 4. The highest BCUT2D eigenvalue weighted by atomic mass is 16.8. The van der Waals surface area contributed by atoms with E-state index in [9.17, 15) is 34.2 Å². The number of aliphatic hydroxyl groups is 2. The van der Waals surface area contributed by atoms with E-state index in [4.69, 9.17) is 42.6 Å². The molecule has 88 heavy (non-hydrogen) atoms. The molecule has 19 heteroatoms. The lowest BCUT2D eigenvalue weighted by atomic mass is 9.44. The maximum absolute atomic E-state index is 15.9. The van der Waals surface area contributed by atoms with Crippen LogP contribution < -0.4 is 5.32 Å². The zero-order valence-corrected chi connectivity index (χ0v) is 51.7. The van der Waals surface area contributed by atoms with Gasteiger partial charge < -0.3 is 58.2 Å². The van der Waals surface area contributed by atoms with Crippen molar-refractivity contribution >= 4 is 41.7 Å². The third-order valence-electron chi connectivity index (χ3n) is 18.3. The summed E-state index contributed by atoms with van der Waals surface area (Å²) in [6, 6.07) is 22.7. The molecule has 1 amide bonds. The van der Waals surface area contributed by atoms with Crippen molar-refractivity contribution in [1.82, 2.24) is 5.32 Å². The summed E-state index contributed by atoms with van der Waals surface area (Å²) >= 11 is 0. The molecule has 0 spiro atoms. The Morgan fingerprint density at radius 2 is 1.39 bits per heavy atom. The standard InChI is InChI=1S/C69H87NO18/c1-8-9-10-11-12-13-14-15-16-17-18-19-20-21-31-38-54-80-41-50(84-54)42-81-65(78)86-58(56(47-32-25-22-26-33-47)70-62(75)48-34-27-23-28-35-48)64(77)85-51-40-69(79)61(87-63(76)49-36-29-24-30-37-49)59-67(7,52(73)39-53-68(59,43-82-53)88-46(4)72)60(74)57(83-45(3)71)55(44(51)2)66(69,5)6/h11-12,14-15,22-30,32-37,50-54,56-59,61,73,79H,8-10,13,16-21,31,38-43H2,1-7H3,(H,70,75)/b12-11-,15-14-/t50?,51-,52-,53+,54?,56-,57+,58+,59-,61-,67+,68-,69+/m0/s1. The first-order chi connectivity index (χ1) is 42.2. The summed E-state index contributed by atoms with van der Waals surface area (Å²) < 4.78 is 54.7. The van der Waals surface area contributed by atoms with Crippen molar-refractivity contribution in [3.63, 3.8) is 0 Å². The topological polar surface area (TPSA) is 255 Å². The van der Waals surface area contributed by atoms with Gasteiger partial charge in [0.05, 0.1) is 36.2 Å². The van der Waals surface area contributed by atoms with Gasteiger partial charge in [-0.05, 0) is 93.3 Å². The van der Waals surface area contributed by atoms with E-state index in [-0.39, 0.29) is 48.5 Å². The Bertz CT molecular complexity index is 3000. The minimum Gasteiger partial charge on any atom is -0.455 e. The molecule has 8 rings (SSSR count). The minimum atomic E-state index is -2.49. The number of carbonyl (C=O) groups excluding carboxylic acids is 7. The van der Waals surface area contributed by atoms with Crippen molar-refractivity contribution in [1.29, 1.82) is 0 Å². The number of rotatable bonds is 27. The van der Waals surface area contributed by atoms with Gasteiger partial charge in [-0.1, -0.05) is 150 Å². The quantitative estimate of drug-likeness (QED) is 0.0277. The molecule has 2 saturated carbocycles. The molecular formula is C69H87NO18. The maximum atomic E-state index is 15.9. The molecule has 0 radical (unpaired) electrons. The maximum Gasteiger partial charge on any atom is 0.509 e. The number of fused-ring (bicyclic) bond motifs is 5. The summed E-state index contributed by atoms with van der Waals surface area (Å²) in [4.78, 5) is 101. The van der Waals surface area contributed by atoms with Crippen molar-refractivity contribution in [2.24, 2.45) is 16.7 Å². The van der Waals surface area contributed by atoms with Crippen LogP contribution in [0.15, 0.2) is 126 Å². The Morgan fingerprint density at radius 3 is 2.01 bits per heavy atom. The molecule has 19 nitrogen and oxygen atoms in total. The zero-order chi connectivity index (χ0) is 63.2. The number of hydrogen-bond donors (Lipinski definition) is 3. The fraction of sp³-hybridized carbons (Fsp3) is 0.551. The van der Waals surface area contributed by atoms with Gasteiger partial charge in [-0.2, -0.15) is 0 Å². The number of aliphatic hydroxyl groups excluding tert-OH is 1. The summed E-state index contributed by atoms with van der Waals surface area (Å²) in [5, 5.41) is 29.3. The van der Waals surface area contributed by atoms with E-state index in [0.29, 0.717) is 12.0 Å². The lowest BCUT2D eigenvalue weighted by molar-refractivity contribution is -0.346. The lowest BCUT2D eigenvalue weighted by Crippen LogP contribution is -2.82. The number of amides is 1. The molecular weight excluding hydrogens is 1130 g/mol. The first-order valence-electron chi connectivity index (χ1n) is 31.1. The van der Waals surface area contributed by atoms with E-state index < -0.39 is 131 Å². The van der Waals surface area contributed by atoms with Crippen LogP contribution in [0.1, 0.15) is 171 Å². The molecule has 0 aromatic heterocycles. The van der Waals surface area contributed by atoms with Crippen LogP contribution in [-0.2, 0) is 61.8 Å². The van der Waals surface area contributed by atoms with E-state index in [1.807, 2.05) is 0 Å². The van der Waals surface area contributed by atoms with Gasteiger partial charge >= 0.3 is 30.0 Å². The Labute approximate surface area is 515 Å². The molecule has 2 bridgehead atoms. The van der Waals surface area contributed by atoms with E-state index in [1.165, 1.54) is 38.8 Å². The van der Waals surface area contributed by atoms with Crippen LogP contribution in [0, 0.1) is 16.7 Å². The first-order valence-corrected chi connectivity index (χ1v) is 31.1. The van der Waals surface area contributed by atoms with Gasteiger partial charge in [-0.3, -0.25) is 19.2 Å². The molecule has 2 saturated heterocycles. The molecule has 13 atom stereocenters. The number of nitrogens with one attached hydrogen (secondary N) is 1. The first kappa shape index (κ1) is 66.9. The number of esters is 4. The molecule has 3 aliphatic carbocycles. The van der Waals surface area contributed by atoms with Gasteiger partial charge in [-0.25, -0.2) is 14.4 Å². The number of hydrogen-bond acceptors (Lipinski definition) is 18. The van der Waals surface area contributed by atoms with Gasteiger partial charge in [0.15, 0.2) is 23.8 Å². The molecule has 2 unspecified atom stereocenters. The smallest absolute Gasteiger partial charge is 0.455 e. The predicted octanol–water partition coefficient (Wildman–Crippen LogP) is 10.5. The lowest BCUT2D eigenvalue weighted by Gasteiger charge is -2.67. The van der Waals surface area contributed by atoms with E-state index in [1.54, 1.807) is 92.7 Å². The van der Waals surface area contributed by atoms with E-state index in [0.717, 1.165) is 71.6 Å². The predicted molar refractivity (Wildman–Crippen MR) is 322 cm³/mol. The van der Waals surface area contributed by atoms with Gasteiger partial charge in [0.1, 0.15) is 42.7 Å². The summed E-state index contributed by atoms with van der Waals surface area (Å²) in [7, 11) is 0. The van der Waals surface area contributed by atoms with E-state index in [2.05, 4.69) is 36.5 Å². The number of Topliss-reactive ketones (excluding diaryl/α,β-unsaturated/α-hetero) is 1. The molecule has 5 aliphatic rings. The highest BCUT2D eigenvalue weighted by Gasteiger charge is 2.78. The normalized spacial score (nSPS) is 28.6. The number of ketones is 1. The van der Waals surface area contributed by atoms with Crippen LogP contribution in [-0.4, -0.2) is 132 Å². The molecule has 2 heterocycles. The minimum absolute atomic E-state index is 0.0395. The van der Waals surface area contributed by atoms with Crippen LogP contribution in [0.5, 0.6) is 0 Å². The number of benzene rings is 3. The Morgan fingerprint density at radius 1 is 0.761 bits per heavy atom. The average molecular weight is 1220 g/mol. The molecule has 4 fully saturated rings. The van der Waals surface area contributed by atoms with Crippen LogP contribution >= 0.6 is 0 Å². The molecule has 476 valence electrons. The van der Waals surface area contributed by atoms with Crippen molar-refractivity contribution in [3.05, 3.63) is 143 Å². The van der Waals surface area contributed by atoms with Crippen molar-refractivity contribution in [2.75, 3.05) is 19.8 Å². The second-order valence-corrected chi connectivity index (χ2v) is 24.5. The zero-order valence-electron chi connectivity index (χ0n) is 51.7.